The van der Waals surface area contributed by atoms with Crippen molar-refractivity contribution in [2.24, 2.45) is 0 Å². The molecule has 0 fully saturated rings. The molecule has 0 saturated heterocycles. The predicted octanol–water partition coefficient (Wildman–Crippen LogP) is 2.53. The van der Waals surface area contributed by atoms with Crippen molar-refractivity contribution in [2.45, 2.75) is 19.2 Å². The van der Waals surface area contributed by atoms with Crippen LogP contribution in [0.3, 0.4) is 0 Å². The van der Waals surface area contributed by atoms with Crippen LogP contribution in [0.25, 0.3) is 0 Å². The van der Waals surface area contributed by atoms with Crippen molar-refractivity contribution >= 4 is 27.4 Å². The number of hydrogen-bond donors (Lipinski definition) is 1. The molecule has 5 nitrogen and oxygen atoms in total. The summed E-state index contributed by atoms with van der Waals surface area (Å²) in [6.45, 7) is 1.50. The van der Waals surface area contributed by atoms with Crippen molar-refractivity contribution in [1.29, 1.82) is 0 Å². The standard InChI is InChI=1S/C10H12ClF3N2O3S/c1-6(19-2)5-20(17,18)16-9-8(11)7(3-4-15-9)10(12,13)14/h3-4,6H,5H2,1-2H3,(H,15,16). The van der Waals surface area contributed by atoms with Crippen LogP contribution in [-0.4, -0.2) is 32.4 Å². The molecular weight excluding hydrogens is 321 g/mol. The van der Waals surface area contributed by atoms with Gasteiger partial charge in [-0.1, -0.05) is 11.6 Å². The highest BCUT2D eigenvalue weighted by Crippen LogP contribution is 2.37. The average Bonchev–Trinajstić information content (AvgIpc) is 2.29. The molecule has 0 amide bonds. The van der Waals surface area contributed by atoms with E-state index in [0.29, 0.717) is 6.07 Å². The van der Waals surface area contributed by atoms with Gasteiger partial charge in [-0.2, -0.15) is 13.2 Å². The molecule has 0 aliphatic rings. The summed E-state index contributed by atoms with van der Waals surface area (Å²) in [5.41, 5.74) is -1.16. The molecule has 0 saturated carbocycles. The van der Waals surface area contributed by atoms with E-state index in [0.717, 1.165) is 6.20 Å². The highest BCUT2D eigenvalue weighted by atomic mass is 35.5. The van der Waals surface area contributed by atoms with Gasteiger partial charge in [0.2, 0.25) is 10.0 Å². The number of hydrogen-bond acceptors (Lipinski definition) is 4. The van der Waals surface area contributed by atoms with E-state index < -0.39 is 44.5 Å². The first-order valence-corrected chi connectivity index (χ1v) is 7.35. The number of alkyl halides is 3. The van der Waals surface area contributed by atoms with Crippen LogP contribution in [0, 0.1) is 0 Å². The van der Waals surface area contributed by atoms with Crippen LogP contribution in [0.2, 0.25) is 5.02 Å². The Morgan fingerprint density at radius 3 is 2.60 bits per heavy atom. The average molecular weight is 333 g/mol. The molecule has 1 atom stereocenters. The zero-order valence-electron chi connectivity index (χ0n) is 10.5. The van der Waals surface area contributed by atoms with Crippen molar-refractivity contribution in [1.82, 2.24) is 4.98 Å². The van der Waals surface area contributed by atoms with E-state index in [1.54, 1.807) is 0 Å². The predicted molar refractivity (Wildman–Crippen MR) is 68.1 cm³/mol. The Morgan fingerprint density at radius 1 is 1.50 bits per heavy atom. The van der Waals surface area contributed by atoms with E-state index in [9.17, 15) is 21.6 Å². The Kier molecular flexibility index (Phi) is 5.22. The van der Waals surface area contributed by atoms with E-state index in [2.05, 4.69) is 4.98 Å². The highest BCUT2D eigenvalue weighted by molar-refractivity contribution is 7.92. The van der Waals surface area contributed by atoms with Gasteiger partial charge in [-0.25, -0.2) is 13.4 Å². The zero-order valence-corrected chi connectivity index (χ0v) is 12.1. The zero-order chi connectivity index (χ0) is 15.6. The van der Waals surface area contributed by atoms with Crippen molar-refractivity contribution in [3.05, 3.63) is 22.8 Å². The van der Waals surface area contributed by atoms with Gasteiger partial charge in [0.15, 0.2) is 5.82 Å². The van der Waals surface area contributed by atoms with Gasteiger partial charge in [0.1, 0.15) is 0 Å². The Bertz CT molecular complexity index is 578. The van der Waals surface area contributed by atoms with Crippen molar-refractivity contribution < 1.29 is 26.3 Å². The van der Waals surface area contributed by atoms with Crippen LogP contribution in [0.4, 0.5) is 19.0 Å². The lowest BCUT2D eigenvalue weighted by Crippen LogP contribution is -2.26. The molecule has 0 bridgehead atoms. The fourth-order valence-corrected chi connectivity index (χ4v) is 2.91. The molecule has 114 valence electrons. The molecule has 0 radical (unpaired) electrons. The molecule has 1 heterocycles. The fraction of sp³-hybridized carbons (Fsp3) is 0.500. The third-order valence-corrected chi connectivity index (χ3v) is 4.10. The highest BCUT2D eigenvalue weighted by Gasteiger charge is 2.35. The normalized spacial score (nSPS) is 14.1. The number of methoxy groups -OCH3 is 1. The van der Waals surface area contributed by atoms with Crippen LogP contribution < -0.4 is 4.72 Å². The SMILES string of the molecule is COC(C)CS(=O)(=O)Nc1nccc(C(F)(F)F)c1Cl. The van der Waals surface area contributed by atoms with E-state index in [4.69, 9.17) is 16.3 Å². The maximum absolute atomic E-state index is 12.6. The van der Waals surface area contributed by atoms with E-state index in [-0.39, 0.29) is 0 Å². The summed E-state index contributed by atoms with van der Waals surface area (Å²) in [6, 6.07) is 0.665. The van der Waals surface area contributed by atoms with Crippen molar-refractivity contribution in [3.63, 3.8) is 0 Å². The molecule has 0 aliphatic heterocycles. The summed E-state index contributed by atoms with van der Waals surface area (Å²) in [4.78, 5) is 3.51. The van der Waals surface area contributed by atoms with Crippen molar-refractivity contribution in [3.8, 4) is 0 Å². The second-order valence-electron chi connectivity index (χ2n) is 3.95. The third-order valence-electron chi connectivity index (χ3n) is 2.30. The van der Waals surface area contributed by atoms with Gasteiger partial charge in [0.05, 0.1) is 22.4 Å². The lowest BCUT2D eigenvalue weighted by molar-refractivity contribution is -0.137. The number of rotatable bonds is 5. The molecule has 20 heavy (non-hydrogen) atoms. The molecule has 1 aromatic rings. The molecule has 1 aromatic heterocycles. The monoisotopic (exact) mass is 332 g/mol. The number of anilines is 1. The minimum atomic E-state index is -4.69. The number of sulfonamides is 1. The number of nitrogens with zero attached hydrogens (tertiary/aromatic N) is 1. The van der Waals surface area contributed by atoms with E-state index in [1.807, 2.05) is 4.72 Å². The van der Waals surface area contributed by atoms with Crippen molar-refractivity contribution in [2.75, 3.05) is 17.6 Å². The summed E-state index contributed by atoms with van der Waals surface area (Å²) < 4.78 is 68.0. The largest absolute Gasteiger partial charge is 0.418 e. The Balaban J connectivity index is 3.05. The summed E-state index contributed by atoms with van der Waals surface area (Å²) >= 11 is 5.53. The fourth-order valence-electron chi connectivity index (χ4n) is 1.30. The summed E-state index contributed by atoms with van der Waals surface area (Å²) in [6.07, 6.45) is -4.50. The van der Waals surface area contributed by atoms with Gasteiger partial charge >= 0.3 is 6.18 Å². The van der Waals surface area contributed by atoms with Gasteiger partial charge in [-0.3, -0.25) is 4.72 Å². The molecule has 0 spiro atoms. The number of pyridine rings is 1. The Morgan fingerprint density at radius 2 is 2.10 bits per heavy atom. The lowest BCUT2D eigenvalue weighted by Gasteiger charge is -2.14. The minimum absolute atomic E-state index is 0.433. The molecule has 1 rings (SSSR count). The number of nitrogens with one attached hydrogen (secondary N) is 1. The molecule has 10 heteroatoms. The summed E-state index contributed by atoms with van der Waals surface area (Å²) in [5, 5.41) is -0.798. The van der Waals surface area contributed by atoms with E-state index >= 15 is 0 Å². The number of ether oxygens (including phenoxy) is 1. The van der Waals surface area contributed by atoms with Gasteiger partial charge < -0.3 is 4.74 Å². The van der Waals surface area contributed by atoms with Crippen LogP contribution in [-0.2, 0) is 20.9 Å². The number of aromatic nitrogens is 1. The molecule has 1 N–H and O–H groups in total. The van der Waals surface area contributed by atoms with Crippen LogP contribution in [0.5, 0.6) is 0 Å². The second-order valence-corrected chi connectivity index (χ2v) is 6.09. The second kappa shape index (κ2) is 6.15. The Hall–Kier alpha value is -1.06. The Labute approximate surface area is 119 Å². The molecule has 0 aliphatic carbocycles. The van der Waals surface area contributed by atoms with Crippen LogP contribution >= 0.6 is 11.6 Å². The molecule has 1 unspecified atom stereocenters. The van der Waals surface area contributed by atoms with Gasteiger partial charge in [0, 0.05) is 13.3 Å². The van der Waals surface area contributed by atoms with Gasteiger partial charge in [0.25, 0.3) is 0 Å². The first kappa shape index (κ1) is 17.0. The first-order valence-electron chi connectivity index (χ1n) is 5.32. The molecular formula is C10H12ClF3N2O3S. The topological polar surface area (TPSA) is 68.3 Å². The summed E-state index contributed by atoms with van der Waals surface area (Å²) in [5.74, 6) is -0.998. The number of halogens is 4. The van der Waals surface area contributed by atoms with Crippen LogP contribution in [0.1, 0.15) is 12.5 Å². The van der Waals surface area contributed by atoms with Crippen LogP contribution in [0.15, 0.2) is 12.3 Å². The van der Waals surface area contributed by atoms with Gasteiger partial charge in [-0.05, 0) is 13.0 Å². The first-order chi connectivity index (χ1) is 9.07. The molecule has 0 aromatic carbocycles. The maximum Gasteiger partial charge on any atom is 0.418 e. The summed E-state index contributed by atoms with van der Waals surface area (Å²) in [7, 11) is -2.60. The minimum Gasteiger partial charge on any atom is -0.381 e. The smallest absolute Gasteiger partial charge is 0.381 e. The quantitative estimate of drug-likeness (QED) is 0.899. The van der Waals surface area contributed by atoms with E-state index in [1.165, 1.54) is 14.0 Å². The lowest BCUT2D eigenvalue weighted by atomic mass is 10.2. The third kappa shape index (κ3) is 4.50. The van der Waals surface area contributed by atoms with Gasteiger partial charge in [-0.15, -0.1) is 0 Å². The maximum atomic E-state index is 12.6.